The Balaban J connectivity index is 0.000000673. The zero-order chi connectivity index (χ0) is 12.8. The minimum atomic E-state index is -1.32. The van der Waals surface area contributed by atoms with Gasteiger partial charge in [-0.3, -0.25) is 4.79 Å². The molecule has 1 aromatic rings. The van der Waals surface area contributed by atoms with Gasteiger partial charge in [0.25, 0.3) is 5.24 Å². The number of halogens is 1. The van der Waals surface area contributed by atoms with Gasteiger partial charge in [-0.15, -0.1) is 0 Å². The summed E-state index contributed by atoms with van der Waals surface area (Å²) in [6.45, 7) is 6.72. The Morgan fingerprint density at radius 3 is 2.12 bits per heavy atom. The number of rotatable bonds is 2. The van der Waals surface area contributed by atoms with Crippen molar-refractivity contribution >= 4 is 36.3 Å². The molecule has 86 valence electrons. The molecule has 0 N–H and O–H groups in total. The first-order valence-electron chi connectivity index (χ1n) is 4.62. The molecule has 0 saturated carbocycles. The van der Waals surface area contributed by atoms with Crippen molar-refractivity contribution in [1.82, 2.24) is 0 Å². The van der Waals surface area contributed by atoms with E-state index < -0.39 is 8.07 Å². The van der Waals surface area contributed by atoms with Crippen LogP contribution in [0, 0.1) is 0 Å². The lowest BCUT2D eigenvalue weighted by Gasteiger charge is -2.16. The van der Waals surface area contributed by atoms with Crippen molar-refractivity contribution in [3.8, 4) is 0 Å². The predicted molar refractivity (Wildman–Crippen MR) is 64.6 cm³/mol. The van der Waals surface area contributed by atoms with Crippen LogP contribution in [0.1, 0.15) is 10.4 Å². The summed E-state index contributed by atoms with van der Waals surface area (Å²) in [5.74, 6) is 0. The molecule has 0 atom stereocenters. The average molecular weight is 257 g/mol. The number of hydrogen-bond donors (Lipinski definition) is 0. The van der Waals surface area contributed by atoms with E-state index in [2.05, 4.69) is 25.7 Å². The topological polar surface area (TPSA) is 51.2 Å². The standard InChI is InChI=1S/C10H13ClOSi.CO2/c1-13(2,3)9-6-4-5-8(7-9)10(11)12;2-1-3/h4-7H,1-3H3;. The highest BCUT2D eigenvalue weighted by atomic mass is 35.5. The van der Waals surface area contributed by atoms with Crippen LogP contribution in [0.15, 0.2) is 24.3 Å². The maximum atomic E-state index is 10.9. The van der Waals surface area contributed by atoms with Gasteiger partial charge in [-0.25, -0.2) is 0 Å². The lowest BCUT2D eigenvalue weighted by molar-refractivity contribution is -0.191. The number of carbonyl (C=O) groups excluding carboxylic acids is 3. The Hall–Kier alpha value is -1.22. The van der Waals surface area contributed by atoms with Gasteiger partial charge in [-0.2, -0.15) is 9.59 Å². The van der Waals surface area contributed by atoms with Crippen LogP contribution >= 0.6 is 11.6 Å². The van der Waals surface area contributed by atoms with Crippen molar-refractivity contribution in [3.63, 3.8) is 0 Å². The predicted octanol–water partition coefficient (Wildman–Crippen LogP) is 2.03. The number of hydrogen-bond acceptors (Lipinski definition) is 3. The van der Waals surface area contributed by atoms with Crippen LogP contribution < -0.4 is 5.19 Å². The molecule has 1 rings (SSSR count). The molecule has 0 bridgehead atoms. The van der Waals surface area contributed by atoms with Crippen LogP contribution in [0.5, 0.6) is 0 Å². The van der Waals surface area contributed by atoms with Gasteiger partial charge in [-0.05, 0) is 11.6 Å². The summed E-state index contributed by atoms with van der Waals surface area (Å²) in [7, 11) is -1.32. The van der Waals surface area contributed by atoms with Crippen molar-refractivity contribution in [3.05, 3.63) is 29.8 Å². The van der Waals surface area contributed by atoms with Crippen molar-refractivity contribution in [1.29, 1.82) is 0 Å². The highest BCUT2D eigenvalue weighted by Crippen LogP contribution is 2.06. The quantitative estimate of drug-likeness (QED) is 0.601. The van der Waals surface area contributed by atoms with Crippen LogP contribution in [0.25, 0.3) is 0 Å². The van der Waals surface area contributed by atoms with Crippen LogP contribution in [-0.2, 0) is 9.59 Å². The molecule has 0 aliphatic carbocycles. The van der Waals surface area contributed by atoms with Crippen LogP contribution in [0.2, 0.25) is 19.6 Å². The summed E-state index contributed by atoms with van der Waals surface area (Å²) in [4.78, 5) is 27.2. The molecular formula is C11H13ClO3Si. The maximum absolute atomic E-state index is 10.9. The minimum Gasteiger partial charge on any atom is -0.276 e. The fourth-order valence-corrected chi connectivity index (χ4v) is 2.41. The molecule has 0 saturated heterocycles. The molecule has 3 nitrogen and oxygen atoms in total. The molecule has 16 heavy (non-hydrogen) atoms. The van der Waals surface area contributed by atoms with E-state index in [0.29, 0.717) is 5.56 Å². The van der Waals surface area contributed by atoms with Gasteiger partial charge < -0.3 is 0 Å². The van der Waals surface area contributed by atoms with Gasteiger partial charge >= 0.3 is 6.15 Å². The lowest BCUT2D eigenvalue weighted by atomic mass is 10.2. The lowest BCUT2D eigenvalue weighted by Crippen LogP contribution is -2.37. The van der Waals surface area contributed by atoms with Gasteiger partial charge in [0, 0.05) is 5.56 Å². The van der Waals surface area contributed by atoms with E-state index in [1.165, 1.54) is 5.19 Å². The van der Waals surface area contributed by atoms with E-state index >= 15 is 0 Å². The second kappa shape index (κ2) is 6.38. The van der Waals surface area contributed by atoms with Gasteiger partial charge in [0.15, 0.2) is 0 Å². The van der Waals surface area contributed by atoms with Crippen LogP contribution in [0.3, 0.4) is 0 Å². The maximum Gasteiger partial charge on any atom is 0.373 e. The van der Waals surface area contributed by atoms with Crippen molar-refractivity contribution < 1.29 is 14.4 Å². The van der Waals surface area contributed by atoms with E-state index in [-0.39, 0.29) is 11.4 Å². The third-order valence-electron chi connectivity index (χ3n) is 1.96. The third kappa shape index (κ3) is 5.03. The first-order valence-corrected chi connectivity index (χ1v) is 8.50. The fourth-order valence-electron chi connectivity index (χ4n) is 1.11. The molecule has 0 aliphatic heterocycles. The molecule has 1 aromatic carbocycles. The van der Waals surface area contributed by atoms with E-state index in [4.69, 9.17) is 21.2 Å². The molecule has 0 spiro atoms. The Kier molecular flexibility index (Phi) is 5.89. The van der Waals surface area contributed by atoms with Gasteiger partial charge in [0.05, 0.1) is 8.07 Å². The second-order valence-corrected chi connectivity index (χ2v) is 9.61. The second-order valence-electron chi connectivity index (χ2n) is 4.19. The SMILES string of the molecule is C[Si](C)(C)c1cccc(C(=O)Cl)c1.O=C=O. The van der Waals surface area contributed by atoms with Gasteiger partial charge in [-0.1, -0.05) is 49.1 Å². The Labute approximate surface area is 100 Å². The zero-order valence-electron chi connectivity index (χ0n) is 9.41. The van der Waals surface area contributed by atoms with Gasteiger partial charge in [0.1, 0.15) is 0 Å². The Morgan fingerprint density at radius 2 is 1.75 bits per heavy atom. The minimum absolute atomic E-state index is 0.250. The molecule has 0 amide bonds. The number of carbonyl (C=O) groups is 1. The first-order chi connectivity index (χ1) is 7.32. The van der Waals surface area contributed by atoms with Crippen molar-refractivity contribution in [2.45, 2.75) is 19.6 Å². The van der Waals surface area contributed by atoms with Crippen molar-refractivity contribution in [2.24, 2.45) is 0 Å². The third-order valence-corrected chi connectivity index (χ3v) is 4.22. The highest BCUT2D eigenvalue weighted by molar-refractivity contribution is 6.88. The first kappa shape index (κ1) is 14.8. The molecule has 5 heteroatoms. The smallest absolute Gasteiger partial charge is 0.276 e. The summed E-state index contributed by atoms with van der Waals surface area (Å²) in [6.07, 6.45) is 0.250. The normalized spacial score (nSPS) is 9.75. The van der Waals surface area contributed by atoms with E-state index in [9.17, 15) is 4.79 Å². The number of benzene rings is 1. The summed E-state index contributed by atoms with van der Waals surface area (Å²) >= 11 is 5.40. The van der Waals surface area contributed by atoms with Crippen LogP contribution in [-0.4, -0.2) is 19.5 Å². The molecule has 0 fully saturated rings. The Bertz CT molecular complexity index is 404. The zero-order valence-corrected chi connectivity index (χ0v) is 11.2. The van der Waals surface area contributed by atoms with E-state index in [1.54, 1.807) is 6.07 Å². The highest BCUT2D eigenvalue weighted by Gasteiger charge is 2.16. The van der Waals surface area contributed by atoms with E-state index in [1.807, 2.05) is 12.1 Å². The Morgan fingerprint density at radius 1 is 1.25 bits per heavy atom. The van der Waals surface area contributed by atoms with Gasteiger partial charge in [0.2, 0.25) is 0 Å². The monoisotopic (exact) mass is 256 g/mol. The molecule has 0 heterocycles. The van der Waals surface area contributed by atoms with Crippen molar-refractivity contribution in [2.75, 3.05) is 0 Å². The van der Waals surface area contributed by atoms with E-state index in [0.717, 1.165) is 0 Å². The summed E-state index contributed by atoms with van der Waals surface area (Å²) in [6, 6.07) is 7.61. The largest absolute Gasteiger partial charge is 0.373 e. The molecule has 0 aliphatic rings. The average Bonchev–Trinajstić information content (AvgIpc) is 2.18. The summed E-state index contributed by atoms with van der Waals surface area (Å²) in [5, 5.41) is 0.888. The molecular weight excluding hydrogens is 244 g/mol. The van der Waals surface area contributed by atoms with Crippen LogP contribution in [0.4, 0.5) is 0 Å². The molecule has 0 radical (unpaired) electrons. The fraction of sp³-hybridized carbons (Fsp3) is 0.273. The molecule has 0 aromatic heterocycles. The summed E-state index contributed by atoms with van der Waals surface area (Å²) < 4.78 is 0. The molecule has 0 unspecified atom stereocenters. The summed E-state index contributed by atoms with van der Waals surface area (Å²) in [5.41, 5.74) is 0.599.